The van der Waals surface area contributed by atoms with Gasteiger partial charge in [-0.15, -0.1) is 0 Å². The zero-order valence-electron chi connectivity index (χ0n) is 24.7. The number of aliphatic hydroxyl groups is 2. The zero-order valence-corrected chi connectivity index (χ0v) is 24.7. The van der Waals surface area contributed by atoms with Crippen molar-refractivity contribution in [1.82, 2.24) is 0 Å². The fraction of sp³-hybridized carbons (Fsp3) is 0.677. The lowest BCUT2D eigenvalue weighted by molar-refractivity contribution is -0.237. The van der Waals surface area contributed by atoms with Crippen LogP contribution in [-0.4, -0.2) is 58.8 Å². The first kappa shape index (κ1) is 29.5. The molecule has 41 heavy (non-hydrogen) atoms. The Balaban J connectivity index is 1.76. The van der Waals surface area contributed by atoms with Gasteiger partial charge in [0.1, 0.15) is 12.2 Å². The first-order valence-electron chi connectivity index (χ1n) is 14.2. The van der Waals surface area contributed by atoms with Gasteiger partial charge in [0.25, 0.3) is 0 Å². The minimum absolute atomic E-state index is 0.143. The minimum atomic E-state index is -2.15. The number of carbonyl (C=O) groups is 4. The molecule has 1 saturated heterocycles. The van der Waals surface area contributed by atoms with Crippen LogP contribution in [0.2, 0.25) is 0 Å². The molecule has 2 heterocycles. The number of hydrogen-bond acceptors (Lipinski definition) is 10. The van der Waals surface area contributed by atoms with Crippen LogP contribution < -0.4 is 0 Å². The third-order valence-electron chi connectivity index (χ3n) is 10.6. The monoisotopic (exact) mass is 572 g/mol. The van der Waals surface area contributed by atoms with Crippen molar-refractivity contribution in [1.29, 1.82) is 0 Å². The number of methoxy groups -OCH3 is 1. The molecule has 10 nitrogen and oxygen atoms in total. The van der Waals surface area contributed by atoms with Gasteiger partial charge in [-0.05, 0) is 36.3 Å². The van der Waals surface area contributed by atoms with E-state index in [1.165, 1.54) is 19.6 Å². The second-order valence-corrected chi connectivity index (χ2v) is 13.6. The molecule has 1 aliphatic heterocycles. The first-order chi connectivity index (χ1) is 19.0. The summed E-state index contributed by atoms with van der Waals surface area (Å²) < 4.78 is 22.0. The van der Waals surface area contributed by atoms with E-state index in [0.29, 0.717) is 29.6 Å². The Labute approximate surface area is 239 Å². The van der Waals surface area contributed by atoms with Gasteiger partial charge in [0.15, 0.2) is 17.5 Å². The number of furan rings is 1. The Kier molecular flexibility index (Phi) is 6.85. The number of aliphatic hydroxyl groups excluding tert-OH is 1. The molecule has 0 amide bonds. The smallest absolute Gasteiger partial charge is 0.339 e. The Morgan fingerprint density at radius 1 is 1.17 bits per heavy atom. The van der Waals surface area contributed by atoms with E-state index in [9.17, 15) is 29.4 Å². The fourth-order valence-electron chi connectivity index (χ4n) is 8.64. The molecule has 224 valence electrons. The summed E-state index contributed by atoms with van der Waals surface area (Å²) in [6.45, 7) is 10.6. The van der Waals surface area contributed by atoms with Crippen molar-refractivity contribution in [3.05, 3.63) is 35.3 Å². The predicted octanol–water partition coefficient (Wildman–Crippen LogP) is 3.45. The van der Waals surface area contributed by atoms with Crippen LogP contribution in [0.3, 0.4) is 0 Å². The lowest BCUT2D eigenvalue weighted by Crippen LogP contribution is -2.75. The molecule has 0 aromatic carbocycles. The van der Waals surface area contributed by atoms with E-state index >= 15 is 0 Å². The summed E-state index contributed by atoms with van der Waals surface area (Å²) >= 11 is 0. The number of esters is 3. The number of ketones is 1. The quantitative estimate of drug-likeness (QED) is 0.305. The maximum atomic E-state index is 14.5. The molecule has 1 aromatic rings. The van der Waals surface area contributed by atoms with Gasteiger partial charge in [0.05, 0.1) is 25.6 Å². The van der Waals surface area contributed by atoms with Gasteiger partial charge in [-0.2, -0.15) is 0 Å². The highest BCUT2D eigenvalue weighted by Crippen LogP contribution is 2.69. The SMILES string of the molecule is COC(=O)C[C@H]1C(C)(C)[C@H](OC(=O)C(C)C)[C@]2(O)CC3=C4[C@@H](O)C(=O)O[C@@H](c5ccoc5)[C@]4(C)CC[C@@H]3[C@@]1(C)C2=O. The Bertz CT molecular complexity index is 1310. The van der Waals surface area contributed by atoms with Gasteiger partial charge in [-0.1, -0.05) is 47.1 Å². The molecule has 3 aliphatic carbocycles. The molecule has 4 aliphatic rings. The van der Waals surface area contributed by atoms with Crippen LogP contribution >= 0.6 is 0 Å². The lowest BCUT2D eigenvalue weighted by atomic mass is 9.39. The summed E-state index contributed by atoms with van der Waals surface area (Å²) in [5.74, 6) is -4.15. The molecule has 0 radical (unpaired) electrons. The second-order valence-electron chi connectivity index (χ2n) is 13.6. The third kappa shape index (κ3) is 3.96. The highest BCUT2D eigenvalue weighted by Gasteiger charge is 2.74. The minimum Gasteiger partial charge on any atom is -0.472 e. The largest absolute Gasteiger partial charge is 0.472 e. The Morgan fingerprint density at radius 2 is 1.85 bits per heavy atom. The van der Waals surface area contributed by atoms with Crippen molar-refractivity contribution in [2.24, 2.45) is 34.0 Å². The molecule has 2 bridgehead atoms. The third-order valence-corrected chi connectivity index (χ3v) is 10.6. The average molecular weight is 573 g/mol. The van der Waals surface area contributed by atoms with Crippen molar-refractivity contribution in [3.63, 3.8) is 0 Å². The Hall–Kier alpha value is -2.98. The van der Waals surface area contributed by atoms with Crippen molar-refractivity contribution in [2.45, 2.75) is 91.1 Å². The molecule has 5 rings (SSSR count). The van der Waals surface area contributed by atoms with Crippen LogP contribution in [0.25, 0.3) is 0 Å². The fourth-order valence-corrected chi connectivity index (χ4v) is 8.64. The van der Waals surface area contributed by atoms with Crippen LogP contribution in [0.15, 0.2) is 34.2 Å². The molecule has 8 atom stereocenters. The van der Waals surface area contributed by atoms with Crippen LogP contribution in [0.5, 0.6) is 0 Å². The maximum Gasteiger partial charge on any atom is 0.339 e. The van der Waals surface area contributed by atoms with Gasteiger partial charge in [-0.25, -0.2) is 4.79 Å². The molecule has 3 fully saturated rings. The number of Topliss-reactive ketones (excluding diaryl/α,β-unsaturated/α-hetero) is 1. The molecule has 2 N–H and O–H groups in total. The molecule has 0 spiro atoms. The summed E-state index contributed by atoms with van der Waals surface area (Å²) in [7, 11) is 1.27. The van der Waals surface area contributed by atoms with E-state index in [2.05, 4.69) is 0 Å². The van der Waals surface area contributed by atoms with Gasteiger partial charge >= 0.3 is 17.9 Å². The molecular weight excluding hydrogens is 532 g/mol. The van der Waals surface area contributed by atoms with Crippen molar-refractivity contribution in [3.8, 4) is 0 Å². The van der Waals surface area contributed by atoms with Crippen LogP contribution in [-0.2, 0) is 33.4 Å². The molecular formula is C31H40O10. The van der Waals surface area contributed by atoms with Gasteiger partial charge in [-0.3, -0.25) is 14.4 Å². The summed E-state index contributed by atoms with van der Waals surface area (Å²) in [5, 5.41) is 23.7. The van der Waals surface area contributed by atoms with E-state index in [1.807, 2.05) is 6.92 Å². The standard InChI is InChI=1S/C31H40O10/c1-15(2)24(34)41-27-28(3,4)19(12-20(32)38-7)30(6)18-8-10-29(5)21(17(18)13-31(27,37)26(30)36)22(33)25(35)40-23(29)16-9-11-39-14-16/h9,11,14-15,18-19,22-23,27,33,37H,8,10,12-13H2,1-7H3/t18-,19-,22+,23-,27-,29+,30+,31-/m0/s1. The van der Waals surface area contributed by atoms with Gasteiger partial charge < -0.3 is 28.8 Å². The van der Waals surface area contributed by atoms with Crippen LogP contribution in [0.1, 0.15) is 78.9 Å². The molecule has 10 heteroatoms. The number of rotatable bonds is 5. The lowest BCUT2D eigenvalue weighted by Gasteiger charge is -2.66. The highest BCUT2D eigenvalue weighted by molar-refractivity contribution is 5.98. The summed E-state index contributed by atoms with van der Waals surface area (Å²) in [4.78, 5) is 53.3. The van der Waals surface area contributed by atoms with Crippen LogP contribution in [0.4, 0.5) is 0 Å². The predicted molar refractivity (Wildman–Crippen MR) is 143 cm³/mol. The van der Waals surface area contributed by atoms with E-state index < -0.39 is 81.6 Å². The zero-order chi connectivity index (χ0) is 30.3. The first-order valence-corrected chi connectivity index (χ1v) is 14.2. The number of cyclic esters (lactones) is 1. The summed E-state index contributed by atoms with van der Waals surface area (Å²) in [6, 6.07) is 1.71. The molecule has 2 saturated carbocycles. The average Bonchev–Trinajstić information content (AvgIpc) is 3.44. The number of fused-ring (bicyclic) bond motifs is 5. The molecule has 0 unspecified atom stereocenters. The van der Waals surface area contributed by atoms with Crippen LogP contribution in [0, 0.1) is 34.0 Å². The second kappa shape index (κ2) is 9.52. The topological polar surface area (TPSA) is 150 Å². The summed E-state index contributed by atoms with van der Waals surface area (Å²) in [5.41, 5.74) is -3.69. The number of ether oxygens (including phenoxy) is 3. The van der Waals surface area contributed by atoms with E-state index in [1.54, 1.807) is 40.7 Å². The van der Waals surface area contributed by atoms with E-state index in [-0.39, 0.29) is 12.8 Å². The number of hydrogen-bond donors (Lipinski definition) is 2. The highest BCUT2D eigenvalue weighted by atomic mass is 16.6. The summed E-state index contributed by atoms with van der Waals surface area (Å²) in [6.07, 6.45) is -0.0788. The van der Waals surface area contributed by atoms with Crippen molar-refractivity contribution < 1.29 is 48.0 Å². The van der Waals surface area contributed by atoms with Gasteiger partial charge in [0, 0.05) is 34.7 Å². The Morgan fingerprint density at radius 3 is 2.44 bits per heavy atom. The van der Waals surface area contributed by atoms with E-state index in [4.69, 9.17) is 18.6 Å². The number of carbonyl (C=O) groups excluding carboxylic acids is 4. The normalized spacial score (nSPS) is 39.5. The van der Waals surface area contributed by atoms with Gasteiger partial charge in [0.2, 0.25) is 0 Å². The maximum absolute atomic E-state index is 14.5. The van der Waals surface area contributed by atoms with E-state index in [0.717, 1.165) is 0 Å². The van der Waals surface area contributed by atoms with Crippen molar-refractivity contribution >= 4 is 23.7 Å². The van der Waals surface area contributed by atoms with Crippen molar-refractivity contribution in [2.75, 3.05) is 7.11 Å². The molecule has 1 aromatic heterocycles.